The van der Waals surface area contributed by atoms with Crippen LogP contribution < -0.4 is 9.99 Å². The van der Waals surface area contributed by atoms with E-state index in [1.165, 1.54) is 13.3 Å². The minimum Gasteiger partial charge on any atom is -0.462 e. The Balaban J connectivity index is 1.60. The molecule has 0 aliphatic carbocycles. The van der Waals surface area contributed by atoms with Crippen LogP contribution >= 0.6 is 6.64 Å². The van der Waals surface area contributed by atoms with Gasteiger partial charge in [-0.1, -0.05) is 0 Å². The van der Waals surface area contributed by atoms with Gasteiger partial charge in [0.05, 0.1) is 19.0 Å². The maximum atomic E-state index is 16.3. The number of aryl methyl sites for hydroxylation is 1. The molecule has 188 valence electrons. The maximum Gasteiger partial charge on any atom is 0.323 e. The van der Waals surface area contributed by atoms with E-state index < -0.39 is 42.8 Å². The molecule has 2 saturated heterocycles. The number of rotatable bonds is 6. The summed E-state index contributed by atoms with van der Waals surface area (Å²) < 4.78 is 40.9. The first-order chi connectivity index (χ1) is 15.8. The lowest BCUT2D eigenvalue weighted by atomic mass is 9.98. The number of alkyl halides is 1. The predicted octanol–water partition coefficient (Wildman–Crippen LogP) is 2.40. The summed E-state index contributed by atoms with van der Waals surface area (Å²) in [5, 5.41) is 2.90. The number of hydrogen-bond donors (Lipinski definition) is 1. The van der Waals surface area contributed by atoms with E-state index in [0.29, 0.717) is 22.8 Å². The summed E-state index contributed by atoms with van der Waals surface area (Å²) in [4.78, 5) is 27.4. The number of fused-ring (bicyclic) bond motifs is 2. The van der Waals surface area contributed by atoms with Gasteiger partial charge in [-0.15, -0.1) is 0 Å². The monoisotopic (exact) mass is 516 g/mol. The number of nitrogens with zero attached hydrogens (tertiary/aromatic N) is 5. The lowest BCUT2D eigenvalue weighted by Crippen LogP contribution is -2.47. The summed E-state index contributed by atoms with van der Waals surface area (Å²) in [7, 11) is 3.70. The Morgan fingerprint density at radius 2 is 2.12 bits per heavy atom. The normalized spacial score (nSPS) is 32.1. The van der Waals surface area contributed by atoms with Gasteiger partial charge in [0.25, 0.3) is 6.64 Å². The molecule has 2 fully saturated rings. The van der Waals surface area contributed by atoms with Crippen LogP contribution in [0.5, 0.6) is 0 Å². The molecule has 14 heteroatoms. The Morgan fingerprint density at radius 1 is 1.41 bits per heavy atom. The van der Waals surface area contributed by atoms with E-state index in [-0.39, 0.29) is 12.7 Å². The second kappa shape index (κ2) is 9.03. The summed E-state index contributed by atoms with van der Waals surface area (Å²) >= 11 is 5.55. The highest BCUT2D eigenvalue weighted by molar-refractivity contribution is 8.09. The Kier molecular flexibility index (Phi) is 6.73. The van der Waals surface area contributed by atoms with Gasteiger partial charge in [-0.25, -0.2) is 24.4 Å². The molecule has 6 atom stereocenters. The van der Waals surface area contributed by atoms with E-state index in [1.54, 1.807) is 32.3 Å². The molecule has 0 aromatic carbocycles. The molecule has 0 saturated carbocycles. The van der Waals surface area contributed by atoms with Crippen LogP contribution in [0.15, 0.2) is 6.33 Å². The Bertz CT molecular complexity index is 1140. The van der Waals surface area contributed by atoms with Crippen LogP contribution in [0, 0.1) is 6.92 Å². The summed E-state index contributed by atoms with van der Waals surface area (Å²) in [6.07, 6.45) is -1.59. The van der Waals surface area contributed by atoms with Gasteiger partial charge >= 0.3 is 5.97 Å². The van der Waals surface area contributed by atoms with E-state index >= 15 is 4.39 Å². The molecule has 0 radical (unpaired) electrons. The second-order valence-electron chi connectivity index (χ2n) is 9.15. The smallest absolute Gasteiger partial charge is 0.323 e. The highest BCUT2D eigenvalue weighted by Gasteiger charge is 2.60. The Morgan fingerprint density at radius 3 is 2.76 bits per heavy atom. The molecular formula is C20H30FN6O5PS. The first kappa shape index (κ1) is 25.3. The first-order valence-corrected chi connectivity index (χ1v) is 13.6. The van der Waals surface area contributed by atoms with Gasteiger partial charge in [0.1, 0.15) is 24.1 Å². The van der Waals surface area contributed by atoms with Gasteiger partial charge < -0.3 is 23.4 Å². The summed E-state index contributed by atoms with van der Waals surface area (Å²) in [5.74, 6) is 0.656. The summed E-state index contributed by atoms with van der Waals surface area (Å²) in [6.45, 7) is 5.08. The fourth-order valence-corrected chi connectivity index (χ4v) is 6.74. The average molecular weight is 517 g/mol. The Hall–Kier alpha value is -1.76. The number of ether oxygens (including phenoxy) is 2. The van der Waals surface area contributed by atoms with Gasteiger partial charge in [0.15, 0.2) is 28.9 Å². The molecule has 4 heterocycles. The number of carbonyl (C=O) groups excluding carboxylic acids is 1. The third-order valence-electron chi connectivity index (χ3n) is 5.59. The van der Waals surface area contributed by atoms with Crippen LogP contribution in [0.1, 0.15) is 39.7 Å². The Labute approximate surface area is 202 Å². The molecule has 34 heavy (non-hydrogen) atoms. The van der Waals surface area contributed by atoms with Crippen LogP contribution in [-0.4, -0.2) is 76.2 Å². The molecule has 2 aliphatic heterocycles. The second-order valence-corrected chi connectivity index (χ2v) is 12.3. The van der Waals surface area contributed by atoms with Crippen molar-refractivity contribution in [2.45, 2.75) is 70.9 Å². The van der Waals surface area contributed by atoms with Crippen LogP contribution in [0.2, 0.25) is 0 Å². The zero-order chi connectivity index (χ0) is 25.0. The minimum atomic E-state index is -3.19. The van der Waals surface area contributed by atoms with Crippen molar-refractivity contribution in [2.75, 3.05) is 25.6 Å². The van der Waals surface area contributed by atoms with E-state index in [4.69, 9.17) is 30.3 Å². The largest absolute Gasteiger partial charge is 0.462 e. The average Bonchev–Trinajstić information content (AvgIpc) is 3.24. The van der Waals surface area contributed by atoms with Gasteiger partial charge in [-0.05, 0) is 46.4 Å². The van der Waals surface area contributed by atoms with Gasteiger partial charge in [-0.3, -0.25) is 9.36 Å². The lowest BCUT2D eigenvalue weighted by molar-refractivity contribution is -0.149. The third-order valence-corrected chi connectivity index (χ3v) is 8.18. The van der Waals surface area contributed by atoms with Crippen molar-refractivity contribution in [1.29, 1.82) is 0 Å². The number of carbonyl (C=O) groups is 1. The van der Waals surface area contributed by atoms with Crippen LogP contribution in [0.3, 0.4) is 0 Å². The third kappa shape index (κ3) is 4.57. The van der Waals surface area contributed by atoms with Gasteiger partial charge in [0.2, 0.25) is 0 Å². The van der Waals surface area contributed by atoms with Gasteiger partial charge in [0, 0.05) is 14.1 Å². The van der Waals surface area contributed by atoms with Crippen molar-refractivity contribution in [3.05, 3.63) is 12.2 Å². The quantitative estimate of drug-likeness (QED) is 0.451. The first-order valence-electron chi connectivity index (χ1n) is 11.0. The number of anilines is 1. The number of aromatic nitrogens is 4. The molecule has 0 spiro atoms. The molecule has 0 bridgehead atoms. The molecule has 1 N–H and O–H groups in total. The van der Waals surface area contributed by atoms with Crippen molar-refractivity contribution in [2.24, 2.45) is 0 Å². The van der Waals surface area contributed by atoms with E-state index in [1.807, 2.05) is 19.0 Å². The molecule has 2 aliphatic rings. The fourth-order valence-electron chi connectivity index (χ4n) is 4.04. The van der Waals surface area contributed by atoms with E-state index in [9.17, 15) is 4.79 Å². The summed E-state index contributed by atoms with van der Waals surface area (Å²) in [6, 6.07) is -0.782. The number of esters is 1. The van der Waals surface area contributed by atoms with Crippen molar-refractivity contribution >= 4 is 41.4 Å². The molecule has 2 aromatic heterocycles. The zero-order valence-corrected chi connectivity index (χ0v) is 21.9. The molecule has 11 nitrogen and oxygen atoms in total. The van der Waals surface area contributed by atoms with Gasteiger partial charge in [-0.2, -0.15) is 0 Å². The molecule has 1 unspecified atom stereocenters. The topological polar surface area (TPSA) is 113 Å². The molecule has 4 rings (SSSR count). The predicted molar refractivity (Wildman–Crippen MR) is 127 cm³/mol. The summed E-state index contributed by atoms with van der Waals surface area (Å²) in [5.41, 5.74) is -1.01. The van der Waals surface area contributed by atoms with Crippen LogP contribution in [0.4, 0.5) is 10.2 Å². The van der Waals surface area contributed by atoms with Crippen molar-refractivity contribution in [3.8, 4) is 0 Å². The lowest BCUT2D eigenvalue weighted by Gasteiger charge is -2.37. The molecule has 2 aromatic rings. The highest BCUT2D eigenvalue weighted by atomic mass is 32.5. The fraction of sp³-hybridized carbons (Fsp3) is 0.700. The van der Waals surface area contributed by atoms with Crippen LogP contribution in [0.25, 0.3) is 11.2 Å². The number of halogens is 1. The van der Waals surface area contributed by atoms with Crippen LogP contribution in [-0.2, 0) is 35.1 Å². The minimum absolute atomic E-state index is 0.0144. The standard InChI is InChI=1S/C20H30FN6O5PS/c1-10(2)30-18(28)11(3)25-33(34)29-8-13-15(32-33)20(5,21)19(31-13)27-9-22-14-16(26(6)7)23-12(4)24-17(14)27/h9-11,13,15,19H,8H2,1-7H3,(H,25,34)/t11-,13+,15+,19+,20+,33?/m0/s1. The molecular weight excluding hydrogens is 486 g/mol. The number of hydrogen-bond acceptors (Lipinski definition) is 10. The maximum absolute atomic E-state index is 16.3. The highest BCUT2D eigenvalue weighted by Crippen LogP contribution is 2.57. The van der Waals surface area contributed by atoms with E-state index in [0.717, 1.165) is 0 Å². The SMILES string of the molecule is Cc1nc(N(C)C)c2ncn([C@@H]3O[C@@H]4COP(=S)(N[C@@H](C)C(=O)OC(C)C)O[C@H]4[C@@]3(C)F)c2n1. The van der Waals surface area contributed by atoms with Crippen molar-refractivity contribution < 1.29 is 27.7 Å². The molecule has 0 amide bonds. The van der Waals surface area contributed by atoms with Crippen molar-refractivity contribution in [1.82, 2.24) is 24.6 Å². The number of imidazole rings is 1. The van der Waals surface area contributed by atoms with E-state index in [2.05, 4.69) is 20.0 Å². The number of nitrogens with one attached hydrogen (secondary N) is 1. The van der Waals surface area contributed by atoms with Crippen molar-refractivity contribution in [3.63, 3.8) is 0 Å². The zero-order valence-electron chi connectivity index (χ0n) is 20.2.